The van der Waals surface area contributed by atoms with Crippen LogP contribution in [0.4, 0.5) is 17.1 Å². The zero-order valence-electron chi connectivity index (χ0n) is 24.4. The Labute approximate surface area is 269 Å². The molecule has 2 aliphatic carbocycles. The number of amides is 4. The van der Waals surface area contributed by atoms with Crippen LogP contribution < -0.4 is 15.0 Å². The molecule has 0 spiro atoms. The lowest BCUT2D eigenvalue weighted by molar-refractivity contribution is -0.138. The van der Waals surface area contributed by atoms with Crippen molar-refractivity contribution in [3.05, 3.63) is 90.0 Å². The van der Waals surface area contributed by atoms with E-state index in [1.54, 1.807) is 36.4 Å². The first-order valence-electron chi connectivity index (χ1n) is 14.6. The van der Waals surface area contributed by atoms with E-state index < -0.39 is 51.1 Å². The first-order chi connectivity index (χ1) is 21.5. The monoisotopic (exact) mass is 645 g/mol. The van der Waals surface area contributed by atoms with E-state index in [4.69, 9.17) is 27.9 Å². The van der Waals surface area contributed by atoms with Crippen molar-refractivity contribution < 1.29 is 29.0 Å². The maximum atomic E-state index is 14.2. The van der Waals surface area contributed by atoms with E-state index in [1.165, 1.54) is 25.1 Å². The predicted molar refractivity (Wildman–Crippen MR) is 169 cm³/mol. The molecule has 0 bridgehead atoms. The van der Waals surface area contributed by atoms with Crippen molar-refractivity contribution in [2.45, 2.75) is 28.5 Å². The molecule has 9 nitrogen and oxygen atoms in total. The summed E-state index contributed by atoms with van der Waals surface area (Å²) in [6.45, 7) is 0. The number of hydrogen-bond acceptors (Lipinski definition) is 7. The molecule has 2 heterocycles. The number of para-hydroxylation sites is 1. The molecule has 4 aliphatic rings. The number of benzene rings is 3. The summed E-state index contributed by atoms with van der Waals surface area (Å²) in [5.41, 5.74) is 2.99. The highest BCUT2D eigenvalue weighted by Crippen LogP contribution is 2.66. The second kappa shape index (κ2) is 10.4. The number of phenols is 1. The van der Waals surface area contributed by atoms with Crippen LogP contribution in [0.2, 0.25) is 0 Å². The molecular weight excluding hydrogens is 617 g/mol. The van der Waals surface area contributed by atoms with Crippen molar-refractivity contribution in [1.29, 1.82) is 0 Å². The number of allylic oxidation sites excluding steroid dienone is 2. The SMILES string of the molecule is COc1ccc(C2C3=CCC4C(=O)N(c5ccc(Nc6ccccc6)cc5)C(=O)C4C3CC3(Cl)C(=O)N(C)C(=O)C23Cl)c(O)c1. The van der Waals surface area contributed by atoms with E-state index in [9.17, 15) is 24.3 Å². The fraction of sp³-hybridized carbons (Fsp3) is 0.294. The minimum absolute atomic E-state index is 0.125. The summed E-state index contributed by atoms with van der Waals surface area (Å²) in [5.74, 6) is -5.21. The highest BCUT2D eigenvalue weighted by molar-refractivity contribution is 6.53. The topological polar surface area (TPSA) is 116 Å². The molecular formula is C34H29Cl2N3O6. The third-order valence-corrected chi connectivity index (χ3v) is 11.2. The van der Waals surface area contributed by atoms with E-state index in [2.05, 4.69) is 5.32 Å². The Bertz CT molecular complexity index is 1800. The summed E-state index contributed by atoms with van der Waals surface area (Å²) in [6.07, 6.45) is 1.93. The van der Waals surface area contributed by atoms with Gasteiger partial charge in [-0.3, -0.25) is 29.0 Å². The normalized spacial score (nSPS) is 30.5. The molecule has 1 saturated carbocycles. The van der Waals surface area contributed by atoms with Gasteiger partial charge in [0.1, 0.15) is 11.5 Å². The molecule has 3 aromatic carbocycles. The number of rotatable bonds is 5. The summed E-state index contributed by atoms with van der Waals surface area (Å²) >= 11 is 14.4. The Kier molecular flexibility index (Phi) is 6.76. The van der Waals surface area contributed by atoms with Gasteiger partial charge < -0.3 is 15.2 Å². The number of ether oxygens (including phenoxy) is 1. The van der Waals surface area contributed by atoms with Gasteiger partial charge in [-0.25, -0.2) is 0 Å². The molecule has 45 heavy (non-hydrogen) atoms. The zero-order valence-corrected chi connectivity index (χ0v) is 25.9. The van der Waals surface area contributed by atoms with Crippen LogP contribution >= 0.6 is 23.2 Å². The van der Waals surface area contributed by atoms with E-state index >= 15 is 0 Å². The van der Waals surface area contributed by atoms with Crippen molar-refractivity contribution in [2.24, 2.45) is 17.8 Å². The average molecular weight is 647 g/mol. The third-order valence-electron chi connectivity index (χ3n) is 9.75. The number of nitrogens with zero attached hydrogens (tertiary/aromatic N) is 2. The van der Waals surface area contributed by atoms with Gasteiger partial charge in [-0.2, -0.15) is 0 Å². The number of alkyl halides is 2. The number of likely N-dealkylation sites (tertiary alicyclic amines) is 1. The van der Waals surface area contributed by atoms with Crippen molar-refractivity contribution in [2.75, 3.05) is 24.4 Å². The van der Waals surface area contributed by atoms with Crippen molar-refractivity contribution in [3.63, 3.8) is 0 Å². The third kappa shape index (κ3) is 4.06. The van der Waals surface area contributed by atoms with E-state index in [1.807, 2.05) is 36.4 Å². The standard InChI is InChI=1S/C34H29Cl2N3O6/c1-38-31(43)33(35)17-25-22(28(34(33,36)32(38)44)23-13-12-21(45-2)16-26(23)40)14-15-24-27(25)30(42)39(29(24)41)20-10-8-19(9-11-20)37-18-6-4-3-5-7-18/h3-14,16,24-25,27-28,37,40H,15,17H2,1-2H3. The molecule has 3 aromatic rings. The fourth-order valence-electron chi connectivity index (χ4n) is 7.62. The molecule has 230 valence electrons. The highest BCUT2D eigenvalue weighted by Gasteiger charge is 2.76. The number of fused-ring (bicyclic) bond motifs is 4. The Hall–Kier alpha value is -4.34. The van der Waals surface area contributed by atoms with Crippen LogP contribution in [-0.2, 0) is 19.2 Å². The lowest BCUT2D eigenvalue weighted by Gasteiger charge is -2.50. The van der Waals surface area contributed by atoms with Crippen LogP contribution in [0.5, 0.6) is 11.5 Å². The van der Waals surface area contributed by atoms with Crippen LogP contribution in [0, 0.1) is 17.8 Å². The summed E-state index contributed by atoms with van der Waals surface area (Å²) in [5, 5.41) is 14.4. The van der Waals surface area contributed by atoms with Crippen molar-refractivity contribution >= 4 is 63.9 Å². The van der Waals surface area contributed by atoms with Crippen LogP contribution in [0.3, 0.4) is 0 Å². The lowest BCUT2D eigenvalue weighted by atomic mass is 9.56. The first kappa shape index (κ1) is 29.4. The number of carbonyl (C=O) groups is 4. The molecule has 6 atom stereocenters. The number of anilines is 3. The first-order valence-corrected chi connectivity index (χ1v) is 15.3. The molecule has 2 saturated heterocycles. The maximum Gasteiger partial charge on any atom is 0.253 e. The summed E-state index contributed by atoms with van der Waals surface area (Å²) in [4.78, 5) is 53.6. The predicted octanol–water partition coefficient (Wildman–Crippen LogP) is 5.34. The molecule has 7 rings (SSSR count). The number of phenolic OH excluding ortho intramolecular Hbond substituents is 1. The second-order valence-electron chi connectivity index (χ2n) is 12.0. The maximum absolute atomic E-state index is 14.2. The van der Waals surface area contributed by atoms with Gasteiger partial charge in [0, 0.05) is 36.0 Å². The highest BCUT2D eigenvalue weighted by atomic mass is 35.5. The zero-order chi connectivity index (χ0) is 31.8. The molecule has 0 radical (unpaired) electrons. The fourth-order valence-corrected chi connectivity index (χ4v) is 8.63. The van der Waals surface area contributed by atoms with Crippen LogP contribution in [0.15, 0.2) is 84.4 Å². The number of halogens is 2. The number of imide groups is 2. The van der Waals surface area contributed by atoms with Crippen LogP contribution in [0.25, 0.3) is 0 Å². The number of nitrogens with one attached hydrogen (secondary N) is 1. The van der Waals surface area contributed by atoms with Gasteiger partial charge in [0.2, 0.25) is 11.8 Å². The Morgan fingerprint density at radius 3 is 2.24 bits per heavy atom. The minimum atomic E-state index is -1.98. The smallest absolute Gasteiger partial charge is 0.253 e. The number of methoxy groups -OCH3 is 1. The van der Waals surface area contributed by atoms with Crippen molar-refractivity contribution in [3.8, 4) is 11.5 Å². The Morgan fingerprint density at radius 1 is 0.889 bits per heavy atom. The van der Waals surface area contributed by atoms with E-state index in [0.717, 1.165) is 16.3 Å². The molecule has 2 aliphatic heterocycles. The number of aromatic hydroxyl groups is 1. The second-order valence-corrected chi connectivity index (χ2v) is 13.2. The van der Waals surface area contributed by atoms with Crippen molar-refractivity contribution in [1.82, 2.24) is 4.90 Å². The summed E-state index contributed by atoms with van der Waals surface area (Å²) in [6, 6.07) is 21.2. The largest absolute Gasteiger partial charge is 0.508 e. The molecule has 6 unspecified atom stereocenters. The van der Waals surface area contributed by atoms with Gasteiger partial charge in [0.05, 0.1) is 24.6 Å². The Balaban J connectivity index is 1.28. The van der Waals surface area contributed by atoms with Crippen LogP contribution in [0.1, 0.15) is 24.3 Å². The average Bonchev–Trinajstić information content (AvgIpc) is 3.37. The van der Waals surface area contributed by atoms with E-state index in [-0.39, 0.29) is 30.1 Å². The van der Waals surface area contributed by atoms with Crippen LogP contribution in [-0.4, -0.2) is 57.5 Å². The molecule has 3 fully saturated rings. The summed E-state index contributed by atoms with van der Waals surface area (Å²) in [7, 11) is 2.78. The number of carbonyl (C=O) groups excluding carboxylic acids is 4. The molecule has 2 N–H and O–H groups in total. The van der Waals surface area contributed by atoms with Gasteiger partial charge in [-0.15, -0.1) is 23.2 Å². The van der Waals surface area contributed by atoms with Gasteiger partial charge in [0.25, 0.3) is 11.8 Å². The van der Waals surface area contributed by atoms with Gasteiger partial charge in [-0.1, -0.05) is 35.9 Å². The lowest BCUT2D eigenvalue weighted by Crippen LogP contribution is -2.60. The van der Waals surface area contributed by atoms with E-state index in [0.29, 0.717) is 17.0 Å². The Morgan fingerprint density at radius 2 is 1.58 bits per heavy atom. The minimum Gasteiger partial charge on any atom is -0.508 e. The molecule has 0 aromatic heterocycles. The molecule has 4 amide bonds. The van der Waals surface area contributed by atoms with Gasteiger partial charge in [-0.05, 0) is 61.2 Å². The quantitative estimate of drug-likeness (QED) is 0.219. The summed E-state index contributed by atoms with van der Waals surface area (Å²) < 4.78 is 5.25. The van der Waals surface area contributed by atoms with Gasteiger partial charge >= 0.3 is 0 Å². The number of hydrogen-bond donors (Lipinski definition) is 2. The molecule has 11 heteroatoms. The van der Waals surface area contributed by atoms with Gasteiger partial charge in [0.15, 0.2) is 9.75 Å².